The molecule has 4 nitrogen and oxygen atoms in total. The van der Waals surface area contributed by atoms with E-state index < -0.39 is 0 Å². The Hall–Kier alpha value is -2.33. The van der Waals surface area contributed by atoms with Gasteiger partial charge in [0.1, 0.15) is 5.75 Å². The van der Waals surface area contributed by atoms with E-state index in [9.17, 15) is 9.59 Å². The predicted octanol–water partition coefficient (Wildman–Crippen LogP) is 3.54. The van der Waals surface area contributed by atoms with Crippen molar-refractivity contribution < 1.29 is 14.3 Å². The maximum Gasteiger partial charge on any atom is 0.211 e. The molecule has 5 heteroatoms. The SMILES string of the molecule is CCOc1ccc(C(=O)c2ccc(Cl)c(NC=O)c2)cc1. The fraction of sp³-hybridized carbons (Fsp3) is 0.125. The number of rotatable bonds is 6. The van der Waals surface area contributed by atoms with Crippen LogP contribution in [0, 0.1) is 0 Å². The van der Waals surface area contributed by atoms with Crippen LogP contribution in [-0.2, 0) is 4.79 Å². The van der Waals surface area contributed by atoms with Gasteiger partial charge < -0.3 is 10.1 Å². The molecule has 0 unspecified atom stereocenters. The lowest BCUT2D eigenvalue weighted by Gasteiger charge is -2.07. The number of anilines is 1. The van der Waals surface area contributed by atoms with Crippen LogP contribution < -0.4 is 10.1 Å². The quantitative estimate of drug-likeness (QED) is 0.656. The highest BCUT2D eigenvalue weighted by atomic mass is 35.5. The van der Waals surface area contributed by atoms with Crippen molar-refractivity contribution in [2.45, 2.75) is 6.92 Å². The first-order valence-electron chi connectivity index (χ1n) is 6.43. The molecule has 21 heavy (non-hydrogen) atoms. The lowest BCUT2D eigenvalue weighted by molar-refractivity contribution is -0.105. The molecule has 0 heterocycles. The number of ketones is 1. The van der Waals surface area contributed by atoms with Gasteiger partial charge in [-0.15, -0.1) is 0 Å². The van der Waals surface area contributed by atoms with Gasteiger partial charge in [-0.05, 0) is 49.4 Å². The third-order valence-electron chi connectivity index (χ3n) is 2.87. The Morgan fingerprint density at radius 1 is 1.19 bits per heavy atom. The van der Waals surface area contributed by atoms with Crippen LogP contribution in [0.2, 0.25) is 5.02 Å². The van der Waals surface area contributed by atoms with Gasteiger partial charge in [0.15, 0.2) is 5.78 Å². The molecule has 0 aromatic heterocycles. The van der Waals surface area contributed by atoms with Crippen molar-refractivity contribution in [3.05, 3.63) is 58.6 Å². The number of benzene rings is 2. The van der Waals surface area contributed by atoms with Crippen molar-refractivity contribution in [2.75, 3.05) is 11.9 Å². The fourth-order valence-corrected chi connectivity index (χ4v) is 2.05. The molecule has 2 aromatic carbocycles. The van der Waals surface area contributed by atoms with E-state index in [-0.39, 0.29) is 5.78 Å². The molecular formula is C16H14ClNO3. The molecule has 0 aliphatic carbocycles. The van der Waals surface area contributed by atoms with E-state index >= 15 is 0 Å². The number of carbonyl (C=O) groups excluding carboxylic acids is 2. The first kappa shape index (κ1) is 15.1. The Kier molecular flexibility index (Phi) is 4.95. The molecule has 0 atom stereocenters. The summed E-state index contributed by atoms with van der Waals surface area (Å²) in [5, 5.41) is 2.84. The number of amides is 1. The summed E-state index contributed by atoms with van der Waals surface area (Å²) < 4.78 is 5.34. The Bertz CT molecular complexity index is 653. The predicted molar refractivity (Wildman–Crippen MR) is 82.2 cm³/mol. The minimum atomic E-state index is -0.149. The molecule has 0 fully saturated rings. The highest BCUT2D eigenvalue weighted by molar-refractivity contribution is 6.33. The van der Waals surface area contributed by atoms with E-state index in [4.69, 9.17) is 16.3 Å². The van der Waals surface area contributed by atoms with Crippen molar-refractivity contribution in [3.63, 3.8) is 0 Å². The topological polar surface area (TPSA) is 55.4 Å². The first-order valence-corrected chi connectivity index (χ1v) is 6.80. The maximum absolute atomic E-state index is 12.4. The van der Waals surface area contributed by atoms with Crippen molar-refractivity contribution in [1.29, 1.82) is 0 Å². The zero-order chi connectivity index (χ0) is 15.2. The lowest BCUT2D eigenvalue weighted by atomic mass is 10.0. The van der Waals surface area contributed by atoms with Crippen molar-refractivity contribution in [1.82, 2.24) is 0 Å². The minimum Gasteiger partial charge on any atom is -0.494 e. The Labute approximate surface area is 127 Å². The number of carbonyl (C=O) groups is 2. The van der Waals surface area contributed by atoms with Gasteiger partial charge in [-0.2, -0.15) is 0 Å². The monoisotopic (exact) mass is 303 g/mol. The van der Waals surface area contributed by atoms with Crippen LogP contribution in [0.15, 0.2) is 42.5 Å². The number of hydrogen-bond donors (Lipinski definition) is 1. The molecule has 2 rings (SSSR count). The largest absolute Gasteiger partial charge is 0.494 e. The Morgan fingerprint density at radius 2 is 1.86 bits per heavy atom. The standard InChI is InChI=1S/C16H14ClNO3/c1-2-21-13-6-3-11(4-7-13)16(20)12-5-8-14(17)15(9-12)18-10-19/h3-10H,2H2,1H3,(H,18,19). The molecule has 0 aliphatic rings. The number of hydrogen-bond acceptors (Lipinski definition) is 3. The molecular weight excluding hydrogens is 290 g/mol. The number of ether oxygens (including phenoxy) is 1. The molecule has 1 amide bonds. The van der Waals surface area contributed by atoms with Crippen LogP contribution in [0.25, 0.3) is 0 Å². The normalized spacial score (nSPS) is 10.0. The van der Waals surface area contributed by atoms with E-state index in [0.717, 1.165) is 0 Å². The smallest absolute Gasteiger partial charge is 0.211 e. The van der Waals surface area contributed by atoms with Gasteiger partial charge in [0, 0.05) is 11.1 Å². The van der Waals surface area contributed by atoms with E-state index in [2.05, 4.69) is 5.32 Å². The van der Waals surface area contributed by atoms with Crippen LogP contribution >= 0.6 is 11.6 Å². The summed E-state index contributed by atoms with van der Waals surface area (Å²) in [6, 6.07) is 11.7. The summed E-state index contributed by atoms with van der Waals surface area (Å²) >= 11 is 5.93. The summed E-state index contributed by atoms with van der Waals surface area (Å²) in [5.74, 6) is 0.567. The highest BCUT2D eigenvalue weighted by Crippen LogP contribution is 2.24. The molecule has 0 spiro atoms. The second-order valence-electron chi connectivity index (χ2n) is 4.24. The minimum absolute atomic E-state index is 0.149. The average molecular weight is 304 g/mol. The summed E-state index contributed by atoms with van der Waals surface area (Å²) in [7, 11) is 0. The first-order chi connectivity index (χ1) is 10.2. The Morgan fingerprint density at radius 3 is 2.48 bits per heavy atom. The third kappa shape index (κ3) is 3.61. The van der Waals surface area contributed by atoms with Crippen LogP contribution in [0.3, 0.4) is 0 Å². The number of halogens is 1. The molecule has 0 aliphatic heterocycles. The fourth-order valence-electron chi connectivity index (χ4n) is 1.88. The van der Waals surface area contributed by atoms with Crippen molar-refractivity contribution in [2.24, 2.45) is 0 Å². The second kappa shape index (κ2) is 6.90. The molecule has 0 radical (unpaired) electrons. The Balaban J connectivity index is 2.26. The summed E-state index contributed by atoms with van der Waals surface area (Å²) in [4.78, 5) is 22.9. The van der Waals surface area contributed by atoms with Gasteiger partial charge in [-0.25, -0.2) is 0 Å². The van der Waals surface area contributed by atoms with E-state index in [1.807, 2.05) is 6.92 Å². The van der Waals surface area contributed by atoms with E-state index in [1.54, 1.807) is 42.5 Å². The van der Waals surface area contributed by atoms with E-state index in [0.29, 0.717) is 40.6 Å². The van der Waals surface area contributed by atoms with Gasteiger partial charge in [-0.1, -0.05) is 11.6 Å². The van der Waals surface area contributed by atoms with E-state index in [1.165, 1.54) is 0 Å². The zero-order valence-corrected chi connectivity index (χ0v) is 12.2. The molecule has 1 N–H and O–H groups in total. The average Bonchev–Trinajstić information content (AvgIpc) is 2.50. The highest BCUT2D eigenvalue weighted by Gasteiger charge is 2.11. The summed E-state index contributed by atoms with van der Waals surface area (Å²) in [5.41, 5.74) is 1.40. The van der Waals surface area contributed by atoms with Gasteiger partial charge in [0.25, 0.3) is 0 Å². The number of nitrogens with one attached hydrogen (secondary N) is 1. The van der Waals surface area contributed by atoms with Crippen LogP contribution in [0.4, 0.5) is 5.69 Å². The van der Waals surface area contributed by atoms with Crippen LogP contribution in [0.1, 0.15) is 22.8 Å². The maximum atomic E-state index is 12.4. The second-order valence-corrected chi connectivity index (χ2v) is 4.65. The molecule has 0 saturated heterocycles. The molecule has 2 aromatic rings. The van der Waals surface area contributed by atoms with Gasteiger partial charge in [0.05, 0.1) is 17.3 Å². The molecule has 108 valence electrons. The van der Waals surface area contributed by atoms with Gasteiger partial charge in [0.2, 0.25) is 6.41 Å². The lowest BCUT2D eigenvalue weighted by Crippen LogP contribution is -2.03. The summed E-state index contributed by atoms with van der Waals surface area (Å²) in [6.45, 7) is 2.47. The molecule has 0 bridgehead atoms. The van der Waals surface area contributed by atoms with Crippen molar-refractivity contribution >= 4 is 29.5 Å². The van der Waals surface area contributed by atoms with Gasteiger partial charge in [-0.3, -0.25) is 9.59 Å². The van der Waals surface area contributed by atoms with Crippen LogP contribution in [0.5, 0.6) is 5.75 Å². The summed E-state index contributed by atoms with van der Waals surface area (Å²) in [6.07, 6.45) is 0.520. The van der Waals surface area contributed by atoms with Crippen molar-refractivity contribution in [3.8, 4) is 5.75 Å². The molecule has 0 saturated carbocycles. The van der Waals surface area contributed by atoms with Crippen LogP contribution in [-0.4, -0.2) is 18.8 Å². The zero-order valence-electron chi connectivity index (χ0n) is 11.4. The van der Waals surface area contributed by atoms with Gasteiger partial charge >= 0.3 is 0 Å². The third-order valence-corrected chi connectivity index (χ3v) is 3.20.